The lowest BCUT2D eigenvalue weighted by Gasteiger charge is -2.10. The summed E-state index contributed by atoms with van der Waals surface area (Å²) in [5.74, 6) is 0. The second-order valence-corrected chi connectivity index (χ2v) is 3.33. The molecule has 0 spiro atoms. The van der Waals surface area contributed by atoms with Crippen LogP contribution < -0.4 is 5.73 Å². The van der Waals surface area contributed by atoms with Crippen LogP contribution in [0.3, 0.4) is 0 Å². The normalized spacial score (nSPS) is 16.4. The molecule has 0 bridgehead atoms. The topological polar surface area (TPSA) is 46.2 Å². The van der Waals surface area contributed by atoms with Crippen molar-refractivity contribution >= 4 is 0 Å². The van der Waals surface area contributed by atoms with Crippen LogP contribution in [0.25, 0.3) is 0 Å². The van der Waals surface area contributed by atoms with Crippen molar-refractivity contribution in [3.05, 3.63) is 0 Å². The van der Waals surface area contributed by atoms with Gasteiger partial charge in [0.05, 0.1) is 6.10 Å². The lowest BCUT2D eigenvalue weighted by Crippen LogP contribution is -2.19. The van der Waals surface area contributed by atoms with E-state index in [9.17, 15) is 0 Å². The number of aliphatic hydroxyl groups excluding tert-OH is 1. The van der Waals surface area contributed by atoms with Crippen molar-refractivity contribution in [1.29, 1.82) is 0 Å². The summed E-state index contributed by atoms with van der Waals surface area (Å²) in [6, 6.07) is 0.346. The Morgan fingerprint density at radius 3 is 2.36 bits per heavy atom. The monoisotopic (exact) mass is 159 g/mol. The molecule has 0 fully saturated rings. The van der Waals surface area contributed by atoms with Crippen LogP contribution in [0.4, 0.5) is 0 Å². The maximum absolute atomic E-state index is 8.95. The highest BCUT2D eigenvalue weighted by Crippen LogP contribution is 2.05. The van der Waals surface area contributed by atoms with E-state index in [2.05, 4.69) is 6.92 Å². The van der Waals surface area contributed by atoms with Gasteiger partial charge in [0.15, 0.2) is 0 Å². The molecular weight excluding hydrogens is 138 g/mol. The van der Waals surface area contributed by atoms with Gasteiger partial charge >= 0.3 is 0 Å². The third kappa shape index (κ3) is 7.82. The van der Waals surface area contributed by atoms with Crippen molar-refractivity contribution in [2.24, 2.45) is 5.73 Å². The Morgan fingerprint density at radius 1 is 1.27 bits per heavy atom. The minimum atomic E-state index is -0.163. The van der Waals surface area contributed by atoms with Gasteiger partial charge in [0.1, 0.15) is 0 Å². The van der Waals surface area contributed by atoms with Gasteiger partial charge in [0.2, 0.25) is 0 Å². The van der Waals surface area contributed by atoms with Crippen LogP contribution in [0.1, 0.15) is 46.0 Å². The molecule has 2 heteroatoms. The van der Waals surface area contributed by atoms with Gasteiger partial charge in [-0.1, -0.05) is 13.3 Å². The fraction of sp³-hybridized carbons (Fsp3) is 1.00. The first-order valence-corrected chi connectivity index (χ1v) is 4.60. The van der Waals surface area contributed by atoms with E-state index in [0.29, 0.717) is 6.04 Å². The largest absolute Gasteiger partial charge is 0.393 e. The van der Waals surface area contributed by atoms with Gasteiger partial charge in [-0.05, 0) is 32.6 Å². The van der Waals surface area contributed by atoms with E-state index in [-0.39, 0.29) is 6.10 Å². The summed E-state index contributed by atoms with van der Waals surface area (Å²) in [6.07, 6.45) is 5.11. The molecule has 0 heterocycles. The zero-order valence-corrected chi connectivity index (χ0v) is 7.71. The van der Waals surface area contributed by atoms with Crippen molar-refractivity contribution in [3.63, 3.8) is 0 Å². The smallest absolute Gasteiger partial charge is 0.0512 e. The lowest BCUT2D eigenvalue weighted by molar-refractivity contribution is 0.179. The molecule has 0 aromatic carbocycles. The maximum Gasteiger partial charge on any atom is 0.0512 e. The SMILES string of the molecule is CCCC(N)CCCC(C)O. The van der Waals surface area contributed by atoms with Crippen molar-refractivity contribution in [2.75, 3.05) is 0 Å². The second-order valence-electron chi connectivity index (χ2n) is 3.33. The van der Waals surface area contributed by atoms with Crippen LogP contribution in [-0.2, 0) is 0 Å². The average molecular weight is 159 g/mol. The molecule has 3 N–H and O–H groups in total. The van der Waals surface area contributed by atoms with E-state index < -0.39 is 0 Å². The summed E-state index contributed by atoms with van der Waals surface area (Å²) in [5, 5.41) is 8.95. The van der Waals surface area contributed by atoms with Crippen molar-refractivity contribution < 1.29 is 5.11 Å². The summed E-state index contributed by atoms with van der Waals surface area (Å²) in [5.41, 5.74) is 5.79. The fourth-order valence-electron chi connectivity index (χ4n) is 1.19. The van der Waals surface area contributed by atoms with Crippen molar-refractivity contribution in [3.8, 4) is 0 Å². The molecule has 0 radical (unpaired) electrons. The van der Waals surface area contributed by atoms with Gasteiger partial charge in [0, 0.05) is 6.04 Å². The molecular formula is C9H21NO. The van der Waals surface area contributed by atoms with Crippen LogP contribution >= 0.6 is 0 Å². The summed E-state index contributed by atoms with van der Waals surface area (Å²) < 4.78 is 0. The minimum absolute atomic E-state index is 0.163. The van der Waals surface area contributed by atoms with Gasteiger partial charge in [-0.15, -0.1) is 0 Å². The Bertz CT molecular complexity index is 83.6. The Hall–Kier alpha value is -0.0800. The van der Waals surface area contributed by atoms with Gasteiger partial charge in [-0.25, -0.2) is 0 Å². The quantitative estimate of drug-likeness (QED) is 0.619. The predicted octanol–water partition coefficient (Wildman–Crippen LogP) is 1.66. The molecule has 2 atom stereocenters. The van der Waals surface area contributed by atoms with Crippen molar-refractivity contribution in [2.45, 2.75) is 58.1 Å². The average Bonchev–Trinajstić information content (AvgIpc) is 1.87. The summed E-state index contributed by atoms with van der Waals surface area (Å²) in [7, 11) is 0. The summed E-state index contributed by atoms with van der Waals surface area (Å²) in [4.78, 5) is 0. The summed E-state index contributed by atoms with van der Waals surface area (Å²) >= 11 is 0. The maximum atomic E-state index is 8.95. The van der Waals surface area contributed by atoms with E-state index in [0.717, 1.165) is 32.1 Å². The molecule has 2 nitrogen and oxygen atoms in total. The van der Waals surface area contributed by atoms with Gasteiger partial charge < -0.3 is 10.8 Å². The van der Waals surface area contributed by atoms with Crippen LogP contribution in [-0.4, -0.2) is 17.3 Å². The molecule has 0 amide bonds. The molecule has 0 saturated carbocycles. The Kier molecular flexibility index (Phi) is 6.57. The Balaban J connectivity index is 3.10. The number of hydrogen-bond donors (Lipinski definition) is 2. The molecule has 0 aromatic heterocycles. The first-order chi connectivity index (χ1) is 5.16. The Labute approximate surface area is 69.8 Å². The molecule has 0 aliphatic carbocycles. The molecule has 0 aromatic rings. The van der Waals surface area contributed by atoms with Gasteiger partial charge in [-0.2, -0.15) is 0 Å². The molecule has 68 valence electrons. The van der Waals surface area contributed by atoms with Crippen LogP contribution in [0.15, 0.2) is 0 Å². The van der Waals surface area contributed by atoms with E-state index >= 15 is 0 Å². The molecule has 2 unspecified atom stereocenters. The van der Waals surface area contributed by atoms with Crippen LogP contribution in [0.2, 0.25) is 0 Å². The van der Waals surface area contributed by atoms with Crippen LogP contribution in [0, 0.1) is 0 Å². The zero-order chi connectivity index (χ0) is 8.69. The number of hydrogen-bond acceptors (Lipinski definition) is 2. The van der Waals surface area contributed by atoms with E-state index in [1.165, 1.54) is 0 Å². The standard InChI is InChI=1S/C9H21NO/c1-3-5-9(10)7-4-6-8(2)11/h8-9,11H,3-7,10H2,1-2H3. The zero-order valence-electron chi connectivity index (χ0n) is 7.71. The molecule has 0 aliphatic rings. The van der Waals surface area contributed by atoms with E-state index in [1.54, 1.807) is 0 Å². The molecule has 11 heavy (non-hydrogen) atoms. The number of nitrogens with two attached hydrogens (primary N) is 1. The highest BCUT2D eigenvalue weighted by atomic mass is 16.3. The number of rotatable bonds is 6. The number of aliphatic hydroxyl groups is 1. The van der Waals surface area contributed by atoms with E-state index in [1.807, 2.05) is 6.92 Å². The highest BCUT2D eigenvalue weighted by Gasteiger charge is 2.01. The van der Waals surface area contributed by atoms with Crippen LogP contribution in [0.5, 0.6) is 0 Å². The first kappa shape index (κ1) is 10.9. The van der Waals surface area contributed by atoms with Gasteiger partial charge in [-0.3, -0.25) is 0 Å². The molecule has 0 saturated heterocycles. The second kappa shape index (κ2) is 6.62. The summed E-state index contributed by atoms with van der Waals surface area (Å²) in [6.45, 7) is 3.97. The Morgan fingerprint density at radius 2 is 1.91 bits per heavy atom. The lowest BCUT2D eigenvalue weighted by atomic mass is 10.0. The fourth-order valence-corrected chi connectivity index (χ4v) is 1.19. The van der Waals surface area contributed by atoms with E-state index in [4.69, 9.17) is 10.8 Å². The minimum Gasteiger partial charge on any atom is -0.393 e. The van der Waals surface area contributed by atoms with Crippen molar-refractivity contribution in [1.82, 2.24) is 0 Å². The third-order valence-corrected chi connectivity index (χ3v) is 1.86. The van der Waals surface area contributed by atoms with Gasteiger partial charge in [0.25, 0.3) is 0 Å². The highest BCUT2D eigenvalue weighted by molar-refractivity contribution is 4.61. The molecule has 0 rings (SSSR count). The first-order valence-electron chi connectivity index (χ1n) is 4.60. The molecule has 0 aliphatic heterocycles. The predicted molar refractivity (Wildman–Crippen MR) is 48.4 cm³/mol. The third-order valence-electron chi connectivity index (χ3n) is 1.86.